The Bertz CT molecular complexity index is 387. The molecule has 0 bridgehead atoms. The van der Waals surface area contributed by atoms with Gasteiger partial charge in [0.25, 0.3) is 0 Å². The maximum atomic E-state index is 5.34. The molecule has 0 spiro atoms. The number of nitrogens with two attached hydrogens (primary N) is 1. The van der Waals surface area contributed by atoms with E-state index in [9.17, 15) is 0 Å². The van der Waals surface area contributed by atoms with E-state index in [1.165, 1.54) is 0 Å². The fraction of sp³-hybridized carbons (Fsp3) is 0.273. The lowest BCUT2D eigenvalue weighted by atomic mass is 10.1. The standard InChI is InChI=1S/C11H15N3OS/c1-3-15-10-6-4-9(5-7-10)8(2)13-14-11(12)16/h4-7H,3H2,1-2H3,(H3,12,14,16). The molecule has 0 amide bonds. The van der Waals surface area contributed by atoms with Crippen LogP contribution in [0.1, 0.15) is 19.4 Å². The van der Waals surface area contributed by atoms with Crippen molar-refractivity contribution in [1.82, 2.24) is 5.43 Å². The minimum atomic E-state index is 0.158. The molecule has 0 heterocycles. The van der Waals surface area contributed by atoms with Gasteiger partial charge in [-0.1, -0.05) is 0 Å². The van der Waals surface area contributed by atoms with Gasteiger partial charge in [0.1, 0.15) is 5.75 Å². The van der Waals surface area contributed by atoms with Crippen molar-refractivity contribution in [3.63, 3.8) is 0 Å². The fourth-order valence-corrected chi connectivity index (χ4v) is 1.21. The lowest BCUT2D eigenvalue weighted by Gasteiger charge is -2.05. The average molecular weight is 237 g/mol. The smallest absolute Gasteiger partial charge is 0.184 e. The molecule has 1 aromatic rings. The van der Waals surface area contributed by atoms with Gasteiger partial charge in [-0.3, -0.25) is 5.43 Å². The number of hydrogen-bond donors (Lipinski definition) is 2. The summed E-state index contributed by atoms with van der Waals surface area (Å²) in [4.78, 5) is 0. The monoisotopic (exact) mass is 237 g/mol. The summed E-state index contributed by atoms with van der Waals surface area (Å²) in [6.45, 7) is 4.49. The van der Waals surface area contributed by atoms with Crippen LogP contribution >= 0.6 is 12.2 Å². The predicted molar refractivity (Wildman–Crippen MR) is 69.7 cm³/mol. The molecule has 0 aliphatic heterocycles. The third-order valence-electron chi connectivity index (χ3n) is 1.92. The molecule has 86 valence electrons. The maximum Gasteiger partial charge on any atom is 0.184 e. The highest BCUT2D eigenvalue weighted by Crippen LogP contribution is 2.12. The van der Waals surface area contributed by atoms with Crippen molar-refractivity contribution in [2.45, 2.75) is 13.8 Å². The molecule has 0 fully saturated rings. The number of nitrogens with one attached hydrogen (secondary N) is 1. The van der Waals surface area contributed by atoms with Gasteiger partial charge in [-0.25, -0.2) is 0 Å². The van der Waals surface area contributed by atoms with Crippen molar-refractivity contribution in [2.24, 2.45) is 10.8 Å². The Morgan fingerprint density at radius 1 is 1.44 bits per heavy atom. The first-order valence-corrected chi connectivity index (χ1v) is 5.37. The highest BCUT2D eigenvalue weighted by atomic mass is 32.1. The number of hydrogen-bond acceptors (Lipinski definition) is 3. The Kier molecular flexibility index (Phi) is 4.72. The number of hydrazone groups is 1. The van der Waals surface area contributed by atoms with Gasteiger partial charge in [0, 0.05) is 0 Å². The van der Waals surface area contributed by atoms with E-state index in [-0.39, 0.29) is 5.11 Å². The Labute approximate surface area is 100 Å². The maximum absolute atomic E-state index is 5.34. The molecule has 0 aliphatic rings. The summed E-state index contributed by atoms with van der Waals surface area (Å²) >= 11 is 4.66. The summed E-state index contributed by atoms with van der Waals surface area (Å²) in [6.07, 6.45) is 0. The van der Waals surface area contributed by atoms with E-state index < -0.39 is 0 Å². The van der Waals surface area contributed by atoms with Crippen LogP contribution < -0.4 is 15.9 Å². The molecule has 3 N–H and O–H groups in total. The number of benzene rings is 1. The van der Waals surface area contributed by atoms with Crippen LogP contribution in [0, 0.1) is 0 Å². The second-order valence-corrected chi connectivity index (χ2v) is 3.57. The van der Waals surface area contributed by atoms with E-state index in [0.717, 1.165) is 17.0 Å². The van der Waals surface area contributed by atoms with Crippen LogP contribution in [-0.4, -0.2) is 17.4 Å². The number of thiocarbonyl (C=S) groups is 1. The molecule has 0 atom stereocenters. The van der Waals surface area contributed by atoms with Gasteiger partial charge in [0.15, 0.2) is 5.11 Å². The molecular formula is C11H15N3OS. The second kappa shape index (κ2) is 6.07. The van der Waals surface area contributed by atoms with Gasteiger partial charge < -0.3 is 10.5 Å². The average Bonchev–Trinajstić information content (AvgIpc) is 2.27. The van der Waals surface area contributed by atoms with Crippen molar-refractivity contribution >= 4 is 23.0 Å². The van der Waals surface area contributed by atoms with Crippen molar-refractivity contribution in [1.29, 1.82) is 0 Å². The van der Waals surface area contributed by atoms with Crippen LogP contribution in [0.5, 0.6) is 5.75 Å². The van der Waals surface area contributed by atoms with Crippen molar-refractivity contribution < 1.29 is 4.74 Å². The Morgan fingerprint density at radius 3 is 2.56 bits per heavy atom. The highest BCUT2D eigenvalue weighted by molar-refractivity contribution is 7.80. The van der Waals surface area contributed by atoms with Crippen LogP contribution in [-0.2, 0) is 0 Å². The second-order valence-electron chi connectivity index (χ2n) is 3.13. The van der Waals surface area contributed by atoms with E-state index in [1.807, 2.05) is 38.1 Å². The van der Waals surface area contributed by atoms with Crippen LogP contribution in [0.4, 0.5) is 0 Å². The topological polar surface area (TPSA) is 59.6 Å². The number of nitrogens with zero attached hydrogens (tertiary/aromatic N) is 1. The first-order chi connectivity index (χ1) is 7.63. The summed E-state index contributed by atoms with van der Waals surface area (Å²) in [7, 11) is 0. The minimum absolute atomic E-state index is 0.158. The number of rotatable bonds is 4. The molecule has 1 rings (SSSR count). The van der Waals surface area contributed by atoms with E-state index >= 15 is 0 Å². The van der Waals surface area contributed by atoms with E-state index in [0.29, 0.717) is 6.61 Å². The summed E-state index contributed by atoms with van der Waals surface area (Å²) in [5, 5.41) is 4.19. The number of ether oxygens (including phenoxy) is 1. The van der Waals surface area contributed by atoms with Crippen LogP contribution in [0.25, 0.3) is 0 Å². The van der Waals surface area contributed by atoms with Gasteiger partial charge in [0.2, 0.25) is 0 Å². The normalized spacial score (nSPS) is 11.0. The van der Waals surface area contributed by atoms with Gasteiger partial charge in [-0.15, -0.1) is 0 Å². The summed E-state index contributed by atoms with van der Waals surface area (Å²) in [5.74, 6) is 0.848. The third kappa shape index (κ3) is 3.86. The molecular weight excluding hydrogens is 222 g/mol. The van der Waals surface area contributed by atoms with E-state index in [2.05, 4.69) is 22.7 Å². The van der Waals surface area contributed by atoms with Crippen molar-refractivity contribution in [2.75, 3.05) is 6.61 Å². The van der Waals surface area contributed by atoms with Crippen LogP contribution in [0.2, 0.25) is 0 Å². The molecule has 0 radical (unpaired) electrons. The first-order valence-electron chi connectivity index (χ1n) is 4.96. The zero-order valence-corrected chi connectivity index (χ0v) is 10.2. The van der Waals surface area contributed by atoms with E-state index in [1.54, 1.807) is 0 Å². The lowest BCUT2D eigenvalue weighted by Crippen LogP contribution is -2.25. The quantitative estimate of drug-likeness (QED) is 0.475. The summed E-state index contributed by atoms with van der Waals surface area (Å²) < 4.78 is 5.34. The van der Waals surface area contributed by atoms with Crippen molar-refractivity contribution in [3.05, 3.63) is 29.8 Å². The SMILES string of the molecule is CCOc1ccc(C(C)=NNC(N)=S)cc1. The predicted octanol–water partition coefficient (Wildman–Crippen LogP) is 1.64. The lowest BCUT2D eigenvalue weighted by molar-refractivity contribution is 0.340. The van der Waals surface area contributed by atoms with Crippen LogP contribution in [0.3, 0.4) is 0 Å². The molecule has 1 aromatic carbocycles. The Hall–Kier alpha value is -1.62. The Balaban J connectivity index is 2.73. The molecule has 0 saturated carbocycles. The molecule has 0 aromatic heterocycles. The highest BCUT2D eigenvalue weighted by Gasteiger charge is 1.98. The summed E-state index contributed by atoms with van der Waals surface area (Å²) in [5.41, 5.74) is 9.63. The van der Waals surface area contributed by atoms with Crippen LogP contribution in [0.15, 0.2) is 29.4 Å². The molecule has 16 heavy (non-hydrogen) atoms. The zero-order valence-electron chi connectivity index (χ0n) is 9.36. The molecule has 0 aliphatic carbocycles. The first kappa shape index (κ1) is 12.4. The van der Waals surface area contributed by atoms with Crippen molar-refractivity contribution in [3.8, 4) is 5.75 Å². The third-order valence-corrected chi connectivity index (χ3v) is 2.01. The molecule has 0 saturated heterocycles. The minimum Gasteiger partial charge on any atom is -0.494 e. The summed E-state index contributed by atoms with van der Waals surface area (Å²) in [6, 6.07) is 7.67. The Morgan fingerprint density at radius 2 is 2.06 bits per heavy atom. The molecule has 0 unspecified atom stereocenters. The largest absolute Gasteiger partial charge is 0.494 e. The van der Waals surface area contributed by atoms with Gasteiger partial charge in [0.05, 0.1) is 12.3 Å². The zero-order chi connectivity index (χ0) is 12.0. The molecule has 5 heteroatoms. The fourth-order valence-electron chi connectivity index (χ4n) is 1.16. The van der Waals surface area contributed by atoms with Gasteiger partial charge in [-0.05, 0) is 55.9 Å². The van der Waals surface area contributed by atoms with E-state index in [4.69, 9.17) is 10.5 Å². The molecule has 4 nitrogen and oxygen atoms in total. The van der Waals surface area contributed by atoms with Gasteiger partial charge in [-0.2, -0.15) is 5.10 Å². The van der Waals surface area contributed by atoms with Gasteiger partial charge >= 0.3 is 0 Å².